The van der Waals surface area contributed by atoms with Crippen LogP contribution >= 0.6 is 0 Å². The van der Waals surface area contributed by atoms with Crippen molar-refractivity contribution in [2.75, 3.05) is 27.0 Å². The molecule has 2 aromatic rings. The summed E-state index contributed by atoms with van der Waals surface area (Å²) in [6, 6.07) is 9.11. The third kappa shape index (κ3) is 2.72. The largest absolute Gasteiger partial charge is 0.435 e. The summed E-state index contributed by atoms with van der Waals surface area (Å²) in [6.45, 7) is 2.21. The Morgan fingerprint density at radius 3 is 3.00 bits per heavy atom. The molecule has 3 unspecified atom stereocenters. The van der Waals surface area contributed by atoms with E-state index in [0.717, 1.165) is 44.3 Å². The maximum Gasteiger partial charge on any atom is 0.336 e. The van der Waals surface area contributed by atoms with E-state index in [9.17, 15) is 4.79 Å². The number of hydrogen-bond donors (Lipinski definition) is 0. The maximum atomic E-state index is 12.6. The van der Waals surface area contributed by atoms with E-state index in [4.69, 9.17) is 9.47 Å². The third-order valence-electron chi connectivity index (χ3n) is 7.03. The zero-order valence-corrected chi connectivity index (χ0v) is 16.7. The second-order valence-electron chi connectivity index (χ2n) is 8.38. The molecule has 5 rings (SSSR count). The van der Waals surface area contributed by atoms with E-state index in [0.29, 0.717) is 12.0 Å². The second kappa shape index (κ2) is 7.05. The monoisotopic (exact) mass is 380 g/mol. The number of aromatic nitrogens is 1. The molecule has 3 aliphatic rings. The summed E-state index contributed by atoms with van der Waals surface area (Å²) in [4.78, 5) is 15.3. The Morgan fingerprint density at radius 1 is 1.29 bits per heavy atom. The molecule has 1 aromatic carbocycles. The Balaban J connectivity index is 1.50. The summed E-state index contributed by atoms with van der Waals surface area (Å²) in [5.74, 6) is 0.629. The lowest BCUT2D eigenvalue weighted by Gasteiger charge is -2.48. The Kier molecular flexibility index (Phi) is 4.52. The van der Waals surface area contributed by atoms with Gasteiger partial charge in [0, 0.05) is 49.4 Å². The van der Waals surface area contributed by atoms with Gasteiger partial charge in [-0.05, 0) is 49.1 Å². The zero-order chi connectivity index (χ0) is 19.3. The highest BCUT2D eigenvalue weighted by Crippen LogP contribution is 2.48. The van der Waals surface area contributed by atoms with Gasteiger partial charge in [0.1, 0.15) is 0 Å². The number of rotatable bonds is 3. The van der Waals surface area contributed by atoms with E-state index in [1.807, 2.05) is 0 Å². The van der Waals surface area contributed by atoms with Crippen molar-refractivity contribution < 1.29 is 14.3 Å². The van der Waals surface area contributed by atoms with Gasteiger partial charge in [0.2, 0.25) is 0 Å². The summed E-state index contributed by atoms with van der Waals surface area (Å²) in [6.07, 6.45) is 6.35. The molecule has 2 aliphatic heterocycles. The molecular formula is C23H28N2O3. The van der Waals surface area contributed by atoms with Gasteiger partial charge in [0.25, 0.3) is 0 Å². The van der Waals surface area contributed by atoms with Crippen LogP contribution in [0.4, 0.5) is 0 Å². The highest BCUT2D eigenvalue weighted by Gasteiger charge is 2.44. The lowest BCUT2D eigenvalue weighted by molar-refractivity contribution is -0.150. The van der Waals surface area contributed by atoms with Crippen molar-refractivity contribution in [1.29, 1.82) is 0 Å². The molecule has 1 aromatic heterocycles. The summed E-state index contributed by atoms with van der Waals surface area (Å²) >= 11 is 0. The van der Waals surface area contributed by atoms with Crippen LogP contribution < -0.4 is 0 Å². The minimum absolute atomic E-state index is 0.0243. The van der Waals surface area contributed by atoms with Crippen LogP contribution in [0.25, 0.3) is 10.9 Å². The molecule has 0 N–H and O–H groups in total. The van der Waals surface area contributed by atoms with Crippen LogP contribution in [0.5, 0.6) is 0 Å². The first-order valence-corrected chi connectivity index (χ1v) is 10.4. The van der Waals surface area contributed by atoms with Gasteiger partial charge in [-0.3, -0.25) is 4.90 Å². The molecule has 5 heteroatoms. The van der Waals surface area contributed by atoms with Gasteiger partial charge >= 0.3 is 5.97 Å². The number of nitrogens with zero attached hydrogens (tertiary/aromatic N) is 2. The fraction of sp³-hybridized carbons (Fsp3) is 0.522. The number of methoxy groups -OCH3 is 1. The number of carbonyl (C=O) groups is 1. The summed E-state index contributed by atoms with van der Waals surface area (Å²) < 4.78 is 12.6. The SMILES string of the molecule is COCOC(=O)C1=CCCC2CN3CCc4c(n(C)c5ccccc45)C3CC12. The van der Waals surface area contributed by atoms with Crippen LogP contribution in [-0.2, 0) is 27.7 Å². The number of hydrogen-bond acceptors (Lipinski definition) is 4. The first kappa shape index (κ1) is 18.0. The van der Waals surface area contributed by atoms with Gasteiger partial charge in [0.05, 0.1) is 6.04 Å². The minimum Gasteiger partial charge on any atom is -0.435 e. The number of esters is 1. The lowest BCUT2D eigenvalue weighted by Crippen LogP contribution is -2.48. The maximum absolute atomic E-state index is 12.6. The molecular weight excluding hydrogens is 352 g/mol. The normalized spacial score (nSPS) is 26.9. The summed E-state index contributed by atoms with van der Waals surface area (Å²) in [7, 11) is 3.74. The highest BCUT2D eigenvalue weighted by molar-refractivity contribution is 5.89. The van der Waals surface area contributed by atoms with Gasteiger partial charge in [-0.15, -0.1) is 0 Å². The minimum atomic E-state index is -0.196. The summed E-state index contributed by atoms with van der Waals surface area (Å²) in [5, 5.41) is 1.39. The number of fused-ring (bicyclic) bond motifs is 6. The van der Waals surface area contributed by atoms with Crippen LogP contribution in [0.2, 0.25) is 0 Å². The van der Waals surface area contributed by atoms with Crippen LogP contribution in [0, 0.1) is 11.8 Å². The molecule has 3 atom stereocenters. The van der Waals surface area contributed by atoms with Gasteiger partial charge in [-0.2, -0.15) is 0 Å². The first-order chi connectivity index (χ1) is 13.7. The number of allylic oxidation sites excluding steroid dienone is 1. The molecule has 0 radical (unpaired) electrons. The van der Waals surface area contributed by atoms with E-state index in [-0.39, 0.29) is 18.7 Å². The number of aryl methyl sites for hydroxylation is 1. The number of piperidine rings is 1. The number of para-hydroxylation sites is 1. The third-order valence-corrected chi connectivity index (χ3v) is 7.03. The highest BCUT2D eigenvalue weighted by atomic mass is 16.7. The topological polar surface area (TPSA) is 43.7 Å². The van der Waals surface area contributed by atoms with Crippen molar-refractivity contribution in [2.45, 2.75) is 31.7 Å². The van der Waals surface area contributed by atoms with E-state index in [1.54, 1.807) is 7.11 Å². The smallest absolute Gasteiger partial charge is 0.336 e. The fourth-order valence-electron chi connectivity index (χ4n) is 5.81. The van der Waals surface area contributed by atoms with E-state index >= 15 is 0 Å². The molecule has 3 heterocycles. The number of benzene rings is 1. The second-order valence-corrected chi connectivity index (χ2v) is 8.38. The van der Waals surface area contributed by atoms with E-state index in [1.165, 1.54) is 22.2 Å². The first-order valence-electron chi connectivity index (χ1n) is 10.4. The van der Waals surface area contributed by atoms with Crippen molar-refractivity contribution in [1.82, 2.24) is 9.47 Å². The Morgan fingerprint density at radius 2 is 2.14 bits per heavy atom. The van der Waals surface area contributed by atoms with Crippen LogP contribution in [-0.4, -0.2) is 42.4 Å². The zero-order valence-electron chi connectivity index (χ0n) is 16.7. The van der Waals surface area contributed by atoms with Crippen molar-refractivity contribution in [3.05, 3.63) is 47.2 Å². The van der Waals surface area contributed by atoms with Crippen LogP contribution in [0.3, 0.4) is 0 Å². The molecule has 0 spiro atoms. The molecule has 1 fully saturated rings. The van der Waals surface area contributed by atoms with Gasteiger partial charge in [-0.25, -0.2) is 4.79 Å². The number of carbonyl (C=O) groups excluding carboxylic acids is 1. The Hall–Kier alpha value is -2.11. The van der Waals surface area contributed by atoms with Crippen molar-refractivity contribution in [3.8, 4) is 0 Å². The van der Waals surface area contributed by atoms with Gasteiger partial charge in [-0.1, -0.05) is 24.3 Å². The molecule has 0 amide bonds. The lowest BCUT2D eigenvalue weighted by atomic mass is 9.70. The Labute approximate surface area is 165 Å². The summed E-state index contributed by atoms with van der Waals surface area (Å²) in [5.41, 5.74) is 5.14. The molecule has 28 heavy (non-hydrogen) atoms. The standard InChI is InChI=1S/C23H28N2O3/c1-24-20-9-4-3-7-16(20)17-10-11-25-13-15-6-5-8-18(23(26)28-14-27-2)19(15)12-21(25)22(17)24/h3-4,7-9,15,19,21H,5-6,10-14H2,1-2H3. The molecule has 0 saturated carbocycles. The van der Waals surface area contributed by atoms with E-state index < -0.39 is 0 Å². The van der Waals surface area contributed by atoms with Crippen molar-refractivity contribution in [2.24, 2.45) is 18.9 Å². The van der Waals surface area contributed by atoms with Gasteiger partial charge in [0.15, 0.2) is 6.79 Å². The molecule has 148 valence electrons. The van der Waals surface area contributed by atoms with E-state index in [2.05, 4.69) is 46.9 Å². The predicted molar refractivity (Wildman–Crippen MR) is 108 cm³/mol. The van der Waals surface area contributed by atoms with Crippen LogP contribution in [0.1, 0.15) is 36.6 Å². The molecule has 1 aliphatic carbocycles. The Bertz CT molecular complexity index is 945. The van der Waals surface area contributed by atoms with Gasteiger partial charge < -0.3 is 14.0 Å². The molecule has 0 bridgehead atoms. The predicted octanol–water partition coefficient (Wildman–Crippen LogP) is 3.58. The fourth-order valence-corrected chi connectivity index (χ4v) is 5.81. The average Bonchev–Trinajstić information content (AvgIpc) is 3.03. The van der Waals surface area contributed by atoms with Crippen LogP contribution in [0.15, 0.2) is 35.9 Å². The van der Waals surface area contributed by atoms with Crippen molar-refractivity contribution in [3.63, 3.8) is 0 Å². The average molecular weight is 380 g/mol. The number of ether oxygens (including phenoxy) is 2. The quantitative estimate of drug-likeness (QED) is 0.603. The molecule has 1 saturated heterocycles. The molecule has 5 nitrogen and oxygen atoms in total. The van der Waals surface area contributed by atoms with Crippen molar-refractivity contribution >= 4 is 16.9 Å².